The number of halogens is 11. The number of sulfonamides is 1. The minimum absolute atomic E-state index is 0.0851. The van der Waals surface area contributed by atoms with Crippen LogP contribution < -0.4 is 19.0 Å². The first-order valence-electron chi connectivity index (χ1n) is 22.7. The Hall–Kier alpha value is -6.77. The van der Waals surface area contributed by atoms with Gasteiger partial charge in [-0.15, -0.1) is 0 Å². The molecule has 3 aromatic carbocycles. The van der Waals surface area contributed by atoms with Crippen LogP contribution in [-0.4, -0.2) is 93.6 Å². The number of urea groups is 1. The van der Waals surface area contributed by atoms with E-state index < -0.39 is 173 Å². The molecule has 0 aliphatic heterocycles. The van der Waals surface area contributed by atoms with Crippen LogP contribution >= 0.6 is 19.4 Å². The Balaban J connectivity index is 1.37. The van der Waals surface area contributed by atoms with Gasteiger partial charge in [0.05, 0.1) is 39.6 Å². The summed E-state index contributed by atoms with van der Waals surface area (Å²) in [5, 5.41) is 8.43. The Labute approximate surface area is 446 Å². The van der Waals surface area contributed by atoms with Crippen molar-refractivity contribution in [2.75, 3.05) is 28.8 Å². The van der Waals surface area contributed by atoms with Gasteiger partial charge in [-0.05, 0) is 86.6 Å². The zero-order valence-corrected chi connectivity index (χ0v) is 44.4. The molecular formula is C47H40ClF10N8O10PS2. The Morgan fingerprint density at radius 1 is 0.949 bits per heavy atom. The highest BCUT2D eigenvalue weighted by Crippen LogP contribution is 2.68. The fraction of sp³-hybridized carbons (Fsp3) is 0.340. The smallest absolute Gasteiger partial charge is 0.402 e. The van der Waals surface area contributed by atoms with E-state index in [4.69, 9.17) is 11.6 Å². The predicted molar refractivity (Wildman–Crippen MR) is 263 cm³/mol. The maximum Gasteiger partial charge on any atom is 0.524 e. The standard InChI is InChI=1S/C47H40ClF10N8O10PS2/c1-44(2,78(4,72)73)15-14-26-10-11-27(38(59-26)32(18-23-16-24(49)19-25(50)17-23)60-35(67)21-64-41-36(40(61-64)47(56,57)58)29-20-30(29)46(41,54)55)28-12-13-31(48)37-39(28)65(22-45(51,52)53)62-42(37)66(79(5,74)75)43(68)63(3)33-8-6-7-9-34(33)76-77(69,70)71/h6-13,16-17,19,29-30,32H,18,20-22H2,1-5H3,(H,60,67)(H2,69,70,71)/t29-,30?,32-/m0/s1. The van der Waals surface area contributed by atoms with Crippen molar-refractivity contribution in [1.29, 1.82) is 0 Å². The summed E-state index contributed by atoms with van der Waals surface area (Å²) in [6.45, 7) is -0.994. The molecule has 1 saturated carbocycles. The second kappa shape index (κ2) is 20.1. The molecule has 422 valence electrons. The number of para-hydroxylation sites is 2. The molecule has 0 saturated heterocycles. The van der Waals surface area contributed by atoms with Crippen molar-refractivity contribution >= 4 is 73.6 Å². The van der Waals surface area contributed by atoms with E-state index in [2.05, 4.69) is 36.9 Å². The maximum atomic E-state index is 15.7. The summed E-state index contributed by atoms with van der Waals surface area (Å²) < 4.78 is 216. The molecule has 3 atom stereocenters. The highest BCUT2D eigenvalue weighted by Gasteiger charge is 2.68. The van der Waals surface area contributed by atoms with Crippen molar-refractivity contribution in [2.24, 2.45) is 5.92 Å². The molecule has 32 heteroatoms. The molecule has 6 aromatic rings. The maximum absolute atomic E-state index is 15.7. The van der Waals surface area contributed by atoms with E-state index in [1.54, 1.807) is 0 Å². The molecule has 79 heavy (non-hydrogen) atoms. The van der Waals surface area contributed by atoms with Crippen LogP contribution in [-0.2, 0) is 60.8 Å². The number of nitrogens with zero attached hydrogens (tertiary/aromatic N) is 7. The molecule has 2 aliphatic carbocycles. The van der Waals surface area contributed by atoms with E-state index in [1.165, 1.54) is 26.0 Å². The third kappa shape index (κ3) is 11.9. The number of pyridine rings is 1. The van der Waals surface area contributed by atoms with Gasteiger partial charge in [-0.3, -0.25) is 28.8 Å². The summed E-state index contributed by atoms with van der Waals surface area (Å²) in [5.74, 6) is -7.08. The number of amides is 3. The summed E-state index contributed by atoms with van der Waals surface area (Å²) in [6, 6.07) is 7.29. The quantitative estimate of drug-likeness (QED) is 0.0526. The fourth-order valence-electron chi connectivity index (χ4n) is 8.97. The van der Waals surface area contributed by atoms with E-state index in [1.807, 2.05) is 0 Å². The van der Waals surface area contributed by atoms with Gasteiger partial charge in [0, 0.05) is 42.0 Å². The second-order valence-electron chi connectivity index (χ2n) is 18.9. The average molecular weight is 1200 g/mol. The Kier molecular flexibility index (Phi) is 14.8. The van der Waals surface area contributed by atoms with Gasteiger partial charge in [0.2, 0.25) is 15.9 Å². The van der Waals surface area contributed by atoms with E-state index in [9.17, 15) is 75.9 Å². The first kappa shape index (κ1) is 58.4. The normalized spacial score (nSPS) is 16.6. The van der Waals surface area contributed by atoms with Gasteiger partial charge in [-0.2, -0.15) is 49.6 Å². The molecule has 0 spiro atoms. The van der Waals surface area contributed by atoms with E-state index in [-0.39, 0.29) is 36.9 Å². The van der Waals surface area contributed by atoms with Crippen molar-refractivity contribution in [3.05, 3.63) is 117 Å². The van der Waals surface area contributed by atoms with E-state index in [0.717, 1.165) is 61.8 Å². The van der Waals surface area contributed by atoms with Crippen LogP contribution in [0.1, 0.15) is 66.1 Å². The van der Waals surface area contributed by atoms with Crippen LogP contribution in [0.2, 0.25) is 5.02 Å². The lowest BCUT2D eigenvalue weighted by Gasteiger charge is -2.26. The highest BCUT2D eigenvalue weighted by atomic mass is 35.5. The topological polar surface area (TPSA) is 236 Å². The van der Waals surface area contributed by atoms with Crippen LogP contribution in [0.25, 0.3) is 22.0 Å². The number of fused-ring (bicyclic) bond motifs is 4. The molecule has 8 rings (SSSR count). The number of phosphoric acid groups is 1. The number of hydrogen-bond donors (Lipinski definition) is 3. The SMILES string of the molecule is CN(C(=O)N(c1nn(CC(F)(F)F)c2c(-c3ccc(C#CC(C)(C)S(C)(=O)=O)nc3[C@H](Cc3cc(F)cc(F)c3)NC(=O)Cn3nc(C(F)(F)F)c4c3C(F)(F)C3C[C@H]43)ccc(Cl)c12)S(C)(=O)=O)c1ccccc1OP(=O)(O)O. The molecule has 18 nitrogen and oxygen atoms in total. The second-order valence-corrected chi connectivity index (χ2v) is 24.9. The fourth-order valence-corrected chi connectivity index (χ4v) is 10.7. The third-order valence-corrected chi connectivity index (χ3v) is 16.4. The van der Waals surface area contributed by atoms with Crippen molar-refractivity contribution in [2.45, 2.75) is 74.8 Å². The minimum Gasteiger partial charge on any atom is -0.402 e. The lowest BCUT2D eigenvalue weighted by Crippen LogP contribution is -2.45. The lowest BCUT2D eigenvalue weighted by atomic mass is 9.93. The van der Waals surface area contributed by atoms with Crippen molar-refractivity contribution < 1.29 is 89.2 Å². The van der Waals surface area contributed by atoms with Gasteiger partial charge in [-0.25, -0.2) is 40.0 Å². The van der Waals surface area contributed by atoms with Crippen LogP contribution in [0.3, 0.4) is 0 Å². The number of carbonyl (C=O) groups excluding carboxylic acids is 2. The molecule has 1 fully saturated rings. The molecule has 0 bridgehead atoms. The Bertz CT molecular complexity index is 3840. The zero-order valence-electron chi connectivity index (χ0n) is 41.1. The predicted octanol–water partition coefficient (Wildman–Crippen LogP) is 8.79. The minimum atomic E-state index is -5.36. The summed E-state index contributed by atoms with van der Waals surface area (Å²) in [4.78, 5) is 52.8. The molecule has 2 aliphatic rings. The van der Waals surface area contributed by atoms with Gasteiger partial charge in [-0.1, -0.05) is 35.7 Å². The number of nitrogens with one attached hydrogen (secondary N) is 1. The Morgan fingerprint density at radius 3 is 2.18 bits per heavy atom. The monoisotopic (exact) mass is 1200 g/mol. The molecule has 3 aromatic heterocycles. The van der Waals surface area contributed by atoms with Gasteiger partial charge in [0.15, 0.2) is 27.1 Å². The number of anilines is 2. The van der Waals surface area contributed by atoms with Crippen LogP contribution in [0.15, 0.2) is 66.7 Å². The third-order valence-electron chi connectivity index (χ3n) is 12.7. The first-order valence-corrected chi connectivity index (χ1v) is 28.3. The Morgan fingerprint density at radius 2 is 1.58 bits per heavy atom. The number of sulfone groups is 1. The molecular weight excluding hydrogens is 1160 g/mol. The van der Waals surface area contributed by atoms with Crippen molar-refractivity contribution in [1.82, 2.24) is 29.9 Å². The molecule has 0 radical (unpaired) electrons. The van der Waals surface area contributed by atoms with Gasteiger partial charge in [0.1, 0.15) is 40.9 Å². The number of phosphoric ester groups is 1. The van der Waals surface area contributed by atoms with Crippen molar-refractivity contribution in [3.63, 3.8) is 0 Å². The molecule has 3 N–H and O–H groups in total. The van der Waals surface area contributed by atoms with Crippen LogP contribution in [0, 0.1) is 29.4 Å². The number of alkyl halides is 8. The molecule has 3 heterocycles. The first-order chi connectivity index (χ1) is 36.3. The van der Waals surface area contributed by atoms with Gasteiger partial charge < -0.3 is 9.84 Å². The summed E-state index contributed by atoms with van der Waals surface area (Å²) in [5.41, 5.74) is -6.87. The summed E-state index contributed by atoms with van der Waals surface area (Å²) >= 11 is 6.70. The van der Waals surface area contributed by atoms with Crippen LogP contribution in [0.5, 0.6) is 5.75 Å². The average Bonchev–Trinajstić information content (AvgIpc) is 2.10. The highest BCUT2D eigenvalue weighted by molar-refractivity contribution is 7.93. The van der Waals surface area contributed by atoms with Gasteiger partial charge in [0.25, 0.3) is 5.92 Å². The van der Waals surface area contributed by atoms with E-state index in [0.29, 0.717) is 17.2 Å². The number of carbonyl (C=O) groups is 2. The molecule has 3 amide bonds. The molecule has 1 unspecified atom stereocenters. The number of benzene rings is 3. The lowest BCUT2D eigenvalue weighted by molar-refractivity contribution is -0.143. The van der Waals surface area contributed by atoms with Crippen molar-refractivity contribution in [3.8, 4) is 28.7 Å². The summed E-state index contributed by atoms with van der Waals surface area (Å²) in [7, 11) is -13.5. The van der Waals surface area contributed by atoms with Gasteiger partial charge >= 0.3 is 26.2 Å². The zero-order chi connectivity index (χ0) is 58.5. The van der Waals surface area contributed by atoms with E-state index >= 15 is 8.78 Å². The number of hydrogen-bond acceptors (Lipinski definition) is 11. The number of aromatic nitrogens is 5. The number of rotatable bonds is 14. The van der Waals surface area contributed by atoms with Crippen LogP contribution in [0.4, 0.5) is 60.2 Å². The summed E-state index contributed by atoms with van der Waals surface area (Å²) in [6.07, 6.45) is -10.2. The largest absolute Gasteiger partial charge is 0.524 e.